The van der Waals surface area contributed by atoms with Crippen molar-refractivity contribution < 1.29 is 22.7 Å². The van der Waals surface area contributed by atoms with E-state index in [1.807, 2.05) is 0 Å². The minimum atomic E-state index is -3.62. The van der Waals surface area contributed by atoms with Crippen LogP contribution in [0.1, 0.15) is 28.8 Å². The maximum atomic E-state index is 12.9. The zero-order valence-electron chi connectivity index (χ0n) is 16.8. The smallest absolute Gasteiger partial charge is 0.337 e. The lowest BCUT2D eigenvalue weighted by Gasteiger charge is -2.31. The molecule has 0 saturated carbocycles. The minimum absolute atomic E-state index is 0.107. The highest BCUT2D eigenvalue weighted by atomic mass is 35.5. The number of hydrogen-bond donors (Lipinski definition) is 1. The Labute approximate surface area is 191 Å². The molecule has 0 unspecified atom stereocenters. The van der Waals surface area contributed by atoms with Gasteiger partial charge in [-0.25, -0.2) is 17.5 Å². The van der Waals surface area contributed by atoms with E-state index in [9.17, 15) is 18.0 Å². The van der Waals surface area contributed by atoms with Gasteiger partial charge in [0.05, 0.1) is 34.4 Å². The number of esters is 1. The monoisotopic (exact) mass is 484 g/mol. The zero-order chi connectivity index (χ0) is 22.6. The topological polar surface area (TPSA) is 92.8 Å². The van der Waals surface area contributed by atoms with Crippen LogP contribution in [0.2, 0.25) is 10.0 Å². The molecule has 166 valence electrons. The predicted octanol–water partition coefficient (Wildman–Crippen LogP) is 3.96. The summed E-state index contributed by atoms with van der Waals surface area (Å²) in [6.45, 7) is 0.469. The summed E-state index contributed by atoms with van der Waals surface area (Å²) in [6, 6.07) is 11.0. The number of piperidine rings is 1. The number of nitrogens with zero attached hydrogens (tertiary/aromatic N) is 1. The molecule has 0 radical (unpaired) electrons. The number of rotatable bonds is 6. The van der Waals surface area contributed by atoms with Gasteiger partial charge in [0, 0.05) is 18.8 Å². The Hall–Kier alpha value is -2.13. The van der Waals surface area contributed by atoms with Crippen molar-refractivity contribution in [2.24, 2.45) is 5.92 Å². The van der Waals surface area contributed by atoms with Gasteiger partial charge in [-0.05, 0) is 54.8 Å². The van der Waals surface area contributed by atoms with Gasteiger partial charge in [0.25, 0.3) is 0 Å². The molecule has 1 fully saturated rings. The number of halogens is 2. The summed E-state index contributed by atoms with van der Waals surface area (Å²) in [6.07, 6.45) is 1.17. The van der Waals surface area contributed by atoms with Crippen molar-refractivity contribution in [1.82, 2.24) is 4.31 Å². The van der Waals surface area contributed by atoms with E-state index >= 15 is 0 Å². The van der Waals surface area contributed by atoms with E-state index < -0.39 is 21.9 Å². The molecular formula is C21H22Cl2N2O5S. The van der Waals surface area contributed by atoms with Gasteiger partial charge in [0.2, 0.25) is 15.9 Å². The first kappa shape index (κ1) is 23.5. The second-order valence-electron chi connectivity index (χ2n) is 7.26. The summed E-state index contributed by atoms with van der Waals surface area (Å²) in [4.78, 5) is 24.2. The largest absolute Gasteiger partial charge is 0.465 e. The van der Waals surface area contributed by atoms with E-state index in [0.29, 0.717) is 46.2 Å². The van der Waals surface area contributed by atoms with Gasteiger partial charge < -0.3 is 10.1 Å². The van der Waals surface area contributed by atoms with E-state index in [4.69, 9.17) is 23.2 Å². The zero-order valence-corrected chi connectivity index (χ0v) is 19.1. The summed E-state index contributed by atoms with van der Waals surface area (Å²) < 4.78 is 31.8. The number of ether oxygens (including phenoxy) is 1. The number of carbonyl (C=O) groups is 2. The Kier molecular flexibility index (Phi) is 7.59. The molecule has 1 amide bonds. The number of hydrogen-bond acceptors (Lipinski definition) is 5. The highest BCUT2D eigenvalue weighted by molar-refractivity contribution is 7.88. The SMILES string of the molecule is COC(=O)c1ccc(NC(=O)[C@@H]2CCCN(S(=O)(=O)Cc3ccc(Cl)c(Cl)c3)C2)cc1. The van der Waals surface area contributed by atoms with Crippen LogP contribution in [0.3, 0.4) is 0 Å². The van der Waals surface area contributed by atoms with Crippen LogP contribution >= 0.6 is 23.2 Å². The van der Waals surface area contributed by atoms with Gasteiger partial charge in [-0.2, -0.15) is 0 Å². The third-order valence-electron chi connectivity index (χ3n) is 5.05. The standard InChI is InChI=1S/C21H22Cl2N2O5S/c1-30-21(27)15-5-7-17(8-6-15)24-20(26)16-3-2-10-25(12-16)31(28,29)13-14-4-9-18(22)19(23)11-14/h4-9,11,16H,2-3,10,12-13H2,1H3,(H,24,26)/t16-/m1/s1. The quantitative estimate of drug-likeness (QED) is 0.626. The Morgan fingerprint density at radius 3 is 2.48 bits per heavy atom. The third kappa shape index (κ3) is 5.98. The molecule has 1 atom stereocenters. The maximum absolute atomic E-state index is 12.9. The molecule has 1 heterocycles. The van der Waals surface area contributed by atoms with Gasteiger partial charge in [-0.3, -0.25) is 4.79 Å². The second-order valence-corrected chi connectivity index (χ2v) is 10.0. The van der Waals surface area contributed by atoms with Gasteiger partial charge in [-0.15, -0.1) is 0 Å². The van der Waals surface area contributed by atoms with Gasteiger partial charge in [-0.1, -0.05) is 29.3 Å². The third-order valence-corrected chi connectivity index (χ3v) is 7.61. The van der Waals surface area contributed by atoms with Crippen molar-refractivity contribution in [3.05, 3.63) is 63.6 Å². The van der Waals surface area contributed by atoms with Crippen LogP contribution in [0.5, 0.6) is 0 Å². The molecule has 2 aromatic carbocycles. The highest BCUT2D eigenvalue weighted by Gasteiger charge is 2.32. The Morgan fingerprint density at radius 2 is 1.84 bits per heavy atom. The lowest BCUT2D eigenvalue weighted by molar-refractivity contribution is -0.120. The first-order valence-electron chi connectivity index (χ1n) is 9.60. The number of methoxy groups -OCH3 is 1. The Balaban J connectivity index is 1.64. The van der Waals surface area contributed by atoms with Crippen molar-refractivity contribution >= 4 is 50.8 Å². The van der Waals surface area contributed by atoms with Crippen LogP contribution in [0, 0.1) is 5.92 Å². The van der Waals surface area contributed by atoms with Crippen LogP contribution in [-0.4, -0.2) is 44.8 Å². The van der Waals surface area contributed by atoms with Gasteiger partial charge >= 0.3 is 5.97 Å². The molecule has 0 bridgehead atoms. The molecule has 1 aliphatic rings. The number of carbonyl (C=O) groups excluding carboxylic acids is 2. The van der Waals surface area contributed by atoms with Gasteiger partial charge in [0.15, 0.2) is 0 Å². The summed E-state index contributed by atoms with van der Waals surface area (Å²) in [5.41, 5.74) is 1.43. The molecule has 10 heteroatoms. The van der Waals surface area contributed by atoms with E-state index in [-0.39, 0.29) is 18.2 Å². The minimum Gasteiger partial charge on any atom is -0.465 e. The van der Waals surface area contributed by atoms with Crippen LogP contribution in [0.15, 0.2) is 42.5 Å². The maximum Gasteiger partial charge on any atom is 0.337 e. The van der Waals surface area contributed by atoms with Crippen LogP contribution < -0.4 is 5.32 Å². The van der Waals surface area contributed by atoms with Crippen LogP contribution in [0.4, 0.5) is 5.69 Å². The fourth-order valence-electron chi connectivity index (χ4n) is 3.39. The molecule has 7 nitrogen and oxygen atoms in total. The lowest BCUT2D eigenvalue weighted by atomic mass is 9.98. The van der Waals surface area contributed by atoms with Crippen LogP contribution in [-0.2, 0) is 25.3 Å². The van der Waals surface area contributed by atoms with Gasteiger partial charge in [0.1, 0.15) is 0 Å². The van der Waals surface area contributed by atoms with E-state index in [2.05, 4.69) is 10.1 Å². The lowest BCUT2D eigenvalue weighted by Crippen LogP contribution is -2.44. The van der Waals surface area contributed by atoms with Crippen molar-refractivity contribution in [3.63, 3.8) is 0 Å². The normalized spacial score (nSPS) is 17.2. The molecule has 0 aliphatic carbocycles. The van der Waals surface area contributed by atoms with Crippen molar-refractivity contribution in [1.29, 1.82) is 0 Å². The molecule has 2 aromatic rings. The average molecular weight is 485 g/mol. The first-order valence-corrected chi connectivity index (χ1v) is 12.0. The number of nitrogens with one attached hydrogen (secondary N) is 1. The Bertz CT molecular complexity index is 1070. The predicted molar refractivity (Wildman–Crippen MR) is 120 cm³/mol. The number of benzene rings is 2. The molecule has 1 aliphatic heterocycles. The molecule has 0 aromatic heterocycles. The summed E-state index contributed by atoms with van der Waals surface area (Å²) in [5, 5.41) is 3.44. The molecule has 31 heavy (non-hydrogen) atoms. The second kappa shape index (κ2) is 9.99. The number of sulfonamides is 1. The van der Waals surface area contributed by atoms with E-state index in [1.54, 1.807) is 36.4 Å². The van der Waals surface area contributed by atoms with Crippen molar-refractivity contribution in [2.75, 3.05) is 25.5 Å². The molecular weight excluding hydrogens is 463 g/mol. The van der Waals surface area contributed by atoms with Crippen LogP contribution in [0.25, 0.3) is 0 Å². The van der Waals surface area contributed by atoms with Crippen molar-refractivity contribution in [2.45, 2.75) is 18.6 Å². The fraction of sp³-hybridized carbons (Fsp3) is 0.333. The molecule has 1 N–H and O–H groups in total. The van der Waals surface area contributed by atoms with Crippen molar-refractivity contribution in [3.8, 4) is 0 Å². The number of amides is 1. The molecule has 3 rings (SSSR count). The Morgan fingerprint density at radius 1 is 1.13 bits per heavy atom. The summed E-state index contributed by atoms with van der Waals surface area (Å²) >= 11 is 11.9. The molecule has 1 saturated heterocycles. The summed E-state index contributed by atoms with van der Waals surface area (Å²) in [7, 11) is -2.33. The van der Waals surface area contributed by atoms with E-state index in [0.717, 1.165) is 0 Å². The first-order chi connectivity index (χ1) is 14.7. The fourth-order valence-corrected chi connectivity index (χ4v) is 5.31. The summed E-state index contributed by atoms with van der Waals surface area (Å²) in [5.74, 6) is -1.42. The number of anilines is 1. The highest BCUT2D eigenvalue weighted by Crippen LogP contribution is 2.26. The average Bonchev–Trinajstić information content (AvgIpc) is 2.76. The molecule has 0 spiro atoms. The van der Waals surface area contributed by atoms with E-state index in [1.165, 1.54) is 17.5 Å².